The number of amides is 3. The van der Waals surface area contributed by atoms with Gasteiger partial charge in [-0.15, -0.1) is 0 Å². The molecule has 0 aliphatic carbocycles. The van der Waals surface area contributed by atoms with Crippen LogP contribution in [0, 0.1) is 20.8 Å². The van der Waals surface area contributed by atoms with Gasteiger partial charge >= 0.3 is 0 Å². The monoisotopic (exact) mass is 461 g/mol. The fourth-order valence-electron chi connectivity index (χ4n) is 2.41. The van der Waals surface area contributed by atoms with Crippen LogP contribution < -0.4 is 20.9 Å². The van der Waals surface area contributed by atoms with E-state index in [1.54, 1.807) is 6.07 Å². The number of ether oxygens (including phenoxy) is 1. The number of benzene rings is 2. The van der Waals surface area contributed by atoms with Gasteiger partial charge in [-0.3, -0.25) is 25.2 Å². The minimum absolute atomic E-state index is 0.00188. The Balaban J connectivity index is 1.69. The normalized spacial score (nSPS) is 10.2. The van der Waals surface area contributed by atoms with E-state index in [2.05, 4.69) is 32.1 Å². The molecule has 0 unspecified atom stereocenters. The first-order valence-electron chi connectivity index (χ1n) is 9.08. The third kappa shape index (κ3) is 7.57. The van der Waals surface area contributed by atoms with E-state index in [1.165, 1.54) is 0 Å². The Bertz CT molecular complexity index is 915. The summed E-state index contributed by atoms with van der Waals surface area (Å²) in [5.41, 5.74) is 8.30. The van der Waals surface area contributed by atoms with Crippen molar-refractivity contribution in [2.24, 2.45) is 0 Å². The summed E-state index contributed by atoms with van der Waals surface area (Å²) in [7, 11) is 0. The second kappa shape index (κ2) is 10.6. The van der Waals surface area contributed by atoms with Gasteiger partial charge in [-0.1, -0.05) is 18.2 Å². The average molecular weight is 462 g/mol. The van der Waals surface area contributed by atoms with Gasteiger partial charge in [-0.2, -0.15) is 0 Å². The molecule has 0 atom stereocenters. The Morgan fingerprint density at radius 3 is 2.21 bits per heavy atom. The van der Waals surface area contributed by atoms with Crippen LogP contribution in [0.3, 0.4) is 0 Å². The molecule has 2 aromatic rings. The van der Waals surface area contributed by atoms with Crippen LogP contribution >= 0.6 is 15.9 Å². The van der Waals surface area contributed by atoms with Crippen molar-refractivity contribution in [3.8, 4) is 5.75 Å². The molecule has 0 saturated heterocycles. The number of nitrogens with one attached hydrogen (secondary N) is 3. The lowest BCUT2D eigenvalue weighted by Crippen LogP contribution is -2.44. The molecule has 0 fully saturated rings. The van der Waals surface area contributed by atoms with E-state index in [4.69, 9.17) is 4.74 Å². The molecule has 2 rings (SSSR count). The summed E-state index contributed by atoms with van der Waals surface area (Å²) in [6, 6.07) is 11.2. The highest BCUT2D eigenvalue weighted by Crippen LogP contribution is 2.25. The lowest BCUT2D eigenvalue weighted by Gasteiger charge is -2.11. The highest BCUT2D eigenvalue weighted by molar-refractivity contribution is 9.10. The molecule has 0 heterocycles. The lowest BCUT2D eigenvalue weighted by molar-refractivity contribution is -0.130. The van der Waals surface area contributed by atoms with E-state index < -0.39 is 11.8 Å². The van der Waals surface area contributed by atoms with Gasteiger partial charge in [0.15, 0.2) is 6.61 Å². The zero-order chi connectivity index (χ0) is 21.4. The van der Waals surface area contributed by atoms with E-state index in [0.29, 0.717) is 5.75 Å². The summed E-state index contributed by atoms with van der Waals surface area (Å²) in [4.78, 5) is 35.7. The summed E-state index contributed by atoms with van der Waals surface area (Å²) in [5.74, 6) is -0.718. The minimum Gasteiger partial charge on any atom is -0.483 e. The topological polar surface area (TPSA) is 96.5 Å². The van der Waals surface area contributed by atoms with E-state index in [-0.39, 0.29) is 25.4 Å². The number of carbonyl (C=O) groups is 3. The largest absolute Gasteiger partial charge is 0.483 e. The predicted octanol–water partition coefficient (Wildman–Crippen LogP) is 3.32. The Morgan fingerprint density at radius 1 is 0.862 bits per heavy atom. The van der Waals surface area contributed by atoms with E-state index in [9.17, 15) is 14.4 Å². The molecule has 0 aliphatic heterocycles. The maximum absolute atomic E-state index is 12.0. The zero-order valence-electron chi connectivity index (χ0n) is 16.6. The van der Waals surface area contributed by atoms with Gasteiger partial charge in [0.05, 0.1) is 4.47 Å². The number of hydrogen-bond donors (Lipinski definition) is 3. The van der Waals surface area contributed by atoms with Crippen molar-refractivity contribution in [2.45, 2.75) is 33.6 Å². The quantitative estimate of drug-likeness (QED) is 0.550. The Labute approximate surface area is 178 Å². The molecule has 0 bridgehead atoms. The predicted molar refractivity (Wildman–Crippen MR) is 114 cm³/mol. The third-order valence-electron chi connectivity index (χ3n) is 4.03. The first-order valence-corrected chi connectivity index (χ1v) is 9.87. The highest BCUT2D eigenvalue weighted by atomic mass is 79.9. The Hall–Kier alpha value is -2.87. The molecule has 0 spiro atoms. The molecule has 3 N–H and O–H groups in total. The molecule has 0 saturated carbocycles. The van der Waals surface area contributed by atoms with Gasteiger partial charge in [0.1, 0.15) is 5.75 Å². The molecule has 8 heteroatoms. The third-order valence-corrected chi connectivity index (χ3v) is 4.65. The minimum atomic E-state index is -0.509. The smallest absolute Gasteiger partial charge is 0.276 e. The Morgan fingerprint density at radius 2 is 1.48 bits per heavy atom. The molecule has 154 valence electrons. The standard InChI is InChI=1S/C21H24BrN3O4/c1-13-5-7-18(16(22)10-13)29-12-21(28)25-24-20(27)9-8-19(26)23-17-11-14(2)4-6-15(17)3/h4-7,10-11H,8-9,12H2,1-3H3,(H,23,26)(H,24,27)(H,25,28). The van der Waals surface area contributed by atoms with Crippen LogP contribution in [0.1, 0.15) is 29.5 Å². The van der Waals surface area contributed by atoms with Gasteiger partial charge < -0.3 is 10.1 Å². The fourth-order valence-corrected chi connectivity index (χ4v) is 3.02. The van der Waals surface area contributed by atoms with Gasteiger partial charge in [0.25, 0.3) is 5.91 Å². The summed E-state index contributed by atoms with van der Waals surface area (Å²) in [6.45, 7) is 5.52. The summed E-state index contributed by atoms with van der Waals surface area (Å²) in [6.07, 6.45) is -0.0523. The molecule has 3 amide bonds. The van der Waals surface area contributed by atoms with Crippen LogP contribution in [0.15, 0.2) is 40.9 Å². The first kappa shape index (κ1) is 22.4. The summed E-state index contributed by atoms with van der Waals surface area (Å²) >= 11 is 3.36. The number of anilines is 1. The second-order valence-corrected chi connectivity index (χ2v) is 7.54. The van der Waals surface area contributed by atoms with E-state index >= 15 is 0 Å². The number of rotatable bonds is 7. The number of halogens is 1. The fraction of sp³-hybridized carbons (Fsp3) is 0.286. The molecule has 0 radical (unpaired) electrons. The van der Waals surface area contributed by atoms with Crippen LogP contribution in [0.25, 0.3) is 0 Å². The van der Waals surface area contributed by atoms with Gasteiger partial charge in [-0.05, 0) is 71.6 Å². The van der Waals surface area contributed by atoms with Gasteiger partial charge in [-0.25, -0.2) is 0 Å². The van der Waals surface area contributed by atoms with Crippen molar-refractivity contribution in [1.82, 2.24) is 10.9 Å². The van der Waals surface area contributed by atoms with Crippen LogP contribution in [-0.2, 0) is 14.4 Å². The van der Waals surface area contributed by atoms with Crippen molar-refractivity contribution in [3.63, 3.8) is 0 Å². The van der Waals surface area contributed by atoms with Crippen molar-refractivity contribution >= 4 is 39.3 Å². The zero-order valence-corrected chi connectivity index (χ0v) is 18.2. The van der Waals surface area contributed by atoms with E-state index in [0.717, 1.165) is 26.9 Å². The molecule has 7 nitrogen and oxygen atoms in total. The second-order valence-electron chi connectivity index (χ2n) is 6.69. The van der Waals surface area contributed by atoms with Crippen LogP contribution in [-0.4, -0.2) is 24.3 Å². The molecular formula is C21H24BrN3O4. The number of carbonyl (C=O) groups excluding carboxylic acids is 3. The van der Waals surface area contributed by atoms with Crippen LogP contribution in [0.4, 0.5) is 5.69 Å². The van der Waals surface area contributed by atoms with Gasteiger partial charge in [0, 0.05) is 18.5 Å². The molecule has 2 aromatic carbocycles. The lowest BCUT2D eigenvalue weighted by atomic mass is 10.1. The molecular weight excluding hydrogens is 438 g/mol. The highest BCUT2D eigenvalue weighted by Gasteiger charge is 2.11. The van der Waals surface area contributed by atoms with Crippen LogP contribution in [0.5, 0.6) is 5.75 Å². The summed E-state index contributed by atoms with van der Waals surface area (Å²) < 4.78 is 6.14. The number of aryl methyl sites for hydroxylation is 3. The first-order chi connectivity index (χ1) is 13.7. The molecule has 0 aliphatic rings. The van der Waals surface area contributed by atoms with Crippen molar-refractivity contribution < 1.29 is 19.1 Å². The van der Waals surface area contributed by atoms with E-state index in [1.807, 2.05) is 51.1 Å². The summed E-state index contributed by atoms with van der Waals surface area (Å²) in [5, 5.41) is 2.79. The van der Waals surface area contributed by atoms with Crippen molar-refractivity contribution in [3.05, 3.63) is 57.6 Å². The molecule has 0 aromatic heterocycles. The average Bonchev–Trinajstić information content (AvgIpc) is 2.67. The maximum atomic E-state index is 12.0. The van der Waals surface area contributed by atoms with Crippen molar-refractivity contribution in [1.29, 1.82) is 0 Å². The van der Waals surface area contributed by atoms with Gasteiger partial charge in [0.2, 0.25) is 11.8 Å². The number of hydrazine groups is 1. The molecule has 29 heavy (non-hydrogen) atoms. The Kier molecular flexibility index (Phi) is 8.21. The maximum Gasteiger partial charge on any atom is 0.276 e. The number of hydrogen-bond acceptors (Lipinski definition) is 4. The van der Waals surface area contributed by atoms with Crippen LogP contribution in [0.2, 0.25) is 0 Å². The van der Waals surface area contributed by atoms with Crippen molar-refractivity contribution in [2.75, 3.05) is 11.9 Å². The SMILES string of the molecule is Cc1ccc(OCC(=O)NNC(=O)CCC(=O)Nc2cc(C)ccc2C)c(Br)c1.